The van der Waals surface area contributed by atoms with E-state index in [0.29, 0.717) is 0 Å². The average molecular weight is 753 g/mol. The number of aromatic nitrogens is 4. The van der Waals surface area contributed by atoms with Crippen molar-refractivity contribution >= 4 is 109 Å². The van der Waals surface area contributed by atoms with E-state index in [2.05, 4.69) is 195 Å². The van der Waals surface area contributed by atoms with Crippen LogP contribution in [-0.4, -0.2) is 18.7 Å². The number of H-pyrrole nitrogens is 1. The third kappa shape index (κ3) is 4.13. The first-order chi connectivity index (χ1) is 29.3. The third-order valence-electron chi connectivity index (χ3n) is 12.8. The highest BCUT2D eigenvalue weighted by atomic mass is 16.3. The number of furan rings is 1. The summed E-state index contributed by atoms with van der Waals surface area (Å²) in [5.41, 5.74) is 14.5. The molecule has 274 valence electrons. The predicted octanol–water partition coefficient (Wildman–Crippen LogP) is 14.5. The van der Waals surface area contributed by atoms with Crippen molar-refractivity contribution < 1.29 is 4.42 Å². The largest absolute Gasteiger partial charge is 0.456 e. The summed E-state index contributed by atoms with van der Waals surface area (Å²) in [6.45, 7) is 0. The van der Waals surface area contributed by atoms with E-state index in [9.17, 15) is 0 Å². The molecule has 0 unspecified atom stereocenters. The molecule has 0 saturated carbocycles. The molecule has 0 radical (unpaired) electrons. The Morgan fingerprint density at radius 3 is 1.34 bits per heavy atom. The van der Waals surface area contributed by atoms with Crippen LogP contribution in [-0.2, 0) is 0 Å². The molecule has 0 aliphatic heterocycles. The number of nitrogens with one attached hydrogen (secondary N) is 1. The molecule has 0 atom stereocenters. The molecule has 5 aromatic heterocycles. The van der Waals surface area contributed by atoms with Gasteiger partial charge in [-0.1, -0.05) is 91.0 Å². The zero-order chi connectivity index (χ0) is 38.3. The summed E-state index contributed by atoms with van der Waals surface area (Å²) < 4.78 is 13.6. The number of benzene rings is 9. The summed E-state index contributed by atoms with van der Waals surface area (Å²) in [6.07, 6.45) is 0. The van der Waals surface area contributed by atoms with Crippen molar-refractivity contribution in [3.05, 3.63) is 188 Å². The lowest BCUT2D eigenvalue weighted by Crippen LogP contribution is -1.95. The van der Waals surface area contributed by atoms with Crippen LogP contribution >= 0.6 is 0 Å². The standard InChI is InChI=1S/C54H32N4O/c1-6-16-45-35(11-1)36-12-2-7-17-46(36)56(45)32-21-24-43-41(30-32)53-44(55-43)25-27-50-54(53)42-31-33(57-47-18-8-3-13-37(47)38-14-4-9-19-48(38)57)22-26-49(42)58(50)34-23-28-52-40(29-34)39-15-5-10-20-51(39)59-52/h1-31,55H. The van der Waals surface area contributed by atoms with Crippen molar-refractivity contribution in [1.29, 1.82) is 0 Å². The Labute approximate surface area is 336 Å². The fraction of sp³-hybridized carbons (Fsp3) is 0. The van der Waals surface area contributed by atoms with Gasteiger partial charge in [-0.15, -0.1) is 0 Å². The van der Waals surface area contributed by atoms with Gasteiger partial charge in [-0.05, 0) is 97.1 Å². The van der Waals surface area contributed by atoms with Crippen LogP contribution in [0.2, 0.25) is 0 Å². The first kappa shape index (κ1) is 31.1. The quantitative estimate of drug-likeness (QED) is 0.192. The van der Waals surface area contributed by atoms with E-state index in [0.717, 1.165) is 61.1 Å². The van der Waals surface area contributed by atoms with E-state index < -0.39 is 0 Å². The fourth-order valence-electron chi connectivity index (χ4n) is 10.3. The SMILES string of the molecule is c1ccc2c(c1)oc1ccc(-n3c4ccc(-n5c6ccccc6c6ccccc65)cc4c4c5c(ccc43)[nH]c3ccc(-n4c6ccccc6c6ccccc64)cc35)cc12. The normalized spacial score (nSPS) is 12.4. The summed E-state index contributed by atoms with van der Waals surface area (Å²) in [7, 11) is 0. The molecule has 0 amide bonds. The maximum Gasteiger partial charge on any atom is 0.135 e. The Kier molecular flexibility index (Phi) is 5.96. The smallest absolute Gasteiger partial charge is 0.135 e. The summed E-state index contributed by atoms with van der Waals surface area (Å²) in [6, 6.07) is 68.4. The van der Waals surface area contributed by atoms with Gasteiger partial charge < -0.3 is 23.1 Å². The van der Waals surface area contributed by atoms with Gasteiger partial charge in [-0.25, -0.2) is 0 Å². The molecule has 0 aliphatic rings. The number of para-hydroxylation sites is 5. The number of hydrogen-bond donors (Lipinski definition) is 1. The summed E-state index contributed by atoms with van der Waals surface area (Å²) >= 11 is 0. The first-order valence-electron chi connectivity index (χ1n) is 20.2. The van der Waals surface area contributed by atoms with E-state index in [1.54, 1.807) is 0 Å². The maximum absolute atomic E-state index is 6.30. The predicted molar refractivity (Wildman–Crippen MR) is 246 cm³/mol. The fourth-order valence-corrected chi connectivity index (χ4v) is 10.3. The number of hydrogen-bond acceptors (Lipinski definition) is 1. The molecule has 5 nitrogen and oxygen atoms in total. The van der Waals surface area contributed by atoms with Crippen LogP contribution in [0.15, 0.2) is 192 Å². The summed E-state index contributed by atoms with van der Waals surface area (Å²) in [5.74, 6) is 0. The molecular weight excluding hydrogens is 721 g/mol. The first-order valence-corrected chi connectivity index (χ1v) is 20.2. The van der Waals surface area contributed by atoms with Gasteiger partial charge in [0.1, 0.15) is 11.2 Å². The van der Waals surface area contributed by atoms with Crippen molar-refractivity contribution in [2.75, 3.05) is 0 Å². The Balaban J connectivity index is 1.11. The molecular formula is C54H32N4O. The van der Waals surface area contributed by atoms with Gasteiger partial charge in [0.05, 0.1) is 33.1 Å². The van der Waals surface area contributed by atoms with E-state index >= 15 is 0 Å². The minimum Gasteiger partial charge on any atom is -0.456 e. The van der Waals surface area contributed by atoms with E-state index in [1.165, 1.54) is 65.2 Å². The van der Waals surface area contributed by atoms with Gasteiger partial charge in [0.25, 0.3) is 0 Å². The molecule has 0 fully saturated rings. The van der Waals surface area contributed by atoms with Crippen LogP contribution in [0.25, 0.3) is 126 Å². The van der Waals surface area contributed by atoms with Gasteiger partial charge >= 0.3 is 0 Å². The van der Waals surface area contributed by atoms with E-state index in [4.69, 9.17) is 4.42 Å². The second-order valence-corrected chi connectivity index (χ2v) is 15.8. The monoisotopic (exact) mass is 752 g/mol. The number of nitrogens with zero attached hydrogens (tertiary/aromatic N) is 3. The number of fused-ring (bicyclic) bond motifs is 16. The van der Waals surface area contributed by atoms with Gasteiger partial charge in [0, 0.05) is 82.0 Å². The number of rotatable bonds is 3. The Morgan fingerprint density at radius 2 is 0.712 bits per heavy atom. The lowest BCUT2D eigenvalue weighted by molar-refractivity contribution is 0.669. The molecule has 0 aliphatic carbocycles. The van der Waals surface area contributed by atoms with Crippen LogP contribution in [0.5, 0.6) is 0 Å². The maximum atomic E-state index is 6.30. The zero-order valence-corrected chi connectivity index (χ0v) is 31.6. The minimum absolute atomic E-state index is 0.890. The van der Waals surface area contributed by atoms with Crippen LogP contribution < -0.4 is 0 Å². The lowest BCUT2D eigenvalue weighted by Gasteiger charge is -2.10. The van der Waals surface area contributed by atoms with Crippen LogP contribution in [0.3, 0.4) is 0 Å². The van der Waals surface area contributed by atoms with Gasteiger partial charge in [-0.3, -0.25) is 0 Å². The topological polar surface area (TPSA) is 43.7 Å². The molecule has 59 heavy (non-hydrogen) atoms. The molecule has 5 heterocycles. The van der Waals surface area contributed by atoms with Gasteiger partial charge in [0.2, 0.25) is 0 Å². The van der Waals surface area contributed by atoms with E-state index in [1.807, 2.05) is 12.1 Å². The van der Waals surface area contributed by atoms with Crippen molar-refractivity contribution in [3.63, 3.8) is 0 Å². The molecule has 14 rings (SSSR count). The Morgan fingerprint density at radius 1 is 0.288 bits per heavy atom. The molecule has 5 heteroatoms. The Hall–Kier alpha value is -8.02. The van der Waals surface area contributed by atoms with E-state index in [-0.39, 0.29) is 0 Å². The van der Waals surface area contributed by atoms with Gasteiger partial charge in [-0.2, -0.15) is 0 Å². The molecule has 0 saturated heterocycles. The zero-order valence-electron chi connectivity index (χ0n) is 31.6. The lowest BCUT2D eigenvalue weighted by atomic mass is 10.0. The average Bonchev–Trinajstić information content (AvgIpc) is 4.09. The Bertz CT molecular complexity index is 3980. The highest BCUT2D eigenvalue weighted by Gasteiger charge is 2.22. The van der Waals surface area contributed by atoms with Crippen LogP contribution in [0.4, 0.5) is 0 Å². The van der Waals surface area contributed by atoms with Crippen molar-refractivity contribution in [1.82, 2.24) is 18.7 Å². The second-order valence-electron chi connectivity index (χ2n) is 15.8. The third-order valence-corrected chi connectivity index (χ3v) is 12.8. The van der Waals surface area contributed by atoms with Crippen LogP contribution in [0.1, 0.15) is 0 Å². The van der Waals surface area contributed by atoms with Crippen molar-refractivity contribution in [3.8, 4) is 17.1 Å². The molecule has 14 aromatic rings. The number of aromatic amines is 1. The van der Waals surface area contributed by atoms with Crippen molar-refractivity contribution in [2.24, 2.45) is 0 Å². The molecule has 0 spiro atoms. The summed E-state index contributed by atoms with van der Waals surface area (Å²) in [4.78, 5) is 3.83. The summed E-state index contributed by atoms with van der Waals surface area (Å²) in [5, 5.41) is 12.1. The highest BCUT2D eigenvalue weighted by molar-refractivity contribution is 6.29. The molecule has 0 bridgehead atoms. The minimum atomic E-state index is 0.890. The van der Waals surface area contributed by atoms with Crippen molar-refractivity contribution in [2.45, 2.75) is 0 Å². The van der Waals surface area contributed by atoms with Crippen LogP contribution in [0, 0.1) is 0 Å². The molecule has 1 N–H and O–H groups in total. The molecule has 9 aromatic carbocycles. The second kappa shape index (κ2) is 11.3. The highest BCUT2D eigenvalue weighted by Crippen LogP contribution is 2.44. The van der Waals surface area contributed by atoms with Gasteiger partial charge in [0.15, 0.2) is 0 Å².